The number of carbonyl (C=O) groups is 1. The van der Waals surface area contributed by atoms with Crippen LogP contribution >= 0.6 is 0 Å². The van der Waals surface area contributed by atoms with Crippen LogP contribution in [-0.4, -0.2) is 27.2 Å². The number of amides is 1. The standard InChI is InChI=1S/C21H24FN5O/c1-4-23-13-15-7-5-9-17(11-15)24-21(28)19-25-20(14(2)3)27(26-19)18-10-6-8-16(22)12-18/h5-12,14,23H,4,13H2,1-3H3,(H,24,28). The van der Waals surface area contributed by atoms with Crippen molar-refractivity contribution in [1.29, 1.82) is 0 Å². The molecular weight excluding hydrogens is 357 g/mol. The average molecular weight is 381 g/mol. The molecule has 0 radical (unpaired) electrons. The minimum absolute atomic E-state index is 0.0146. The Morgan fingerprint density at radius 1 is 1.18 bits per heavy atom. The molecule has 7 heteroatoms. The first-order valence-electron chi connectivity index (χ1n) is 9.32. The van der Waals surface area contributed by atoms with E-state index in [1.807, 2.05) is 45.0 Å². The van der Waals surface area contributed by atoms with Gasteiger partial charge in [-0.25, -0.2) is 14.1 Å². The molecule has 28 heavy (non-hydrogen) atoms. The predicted molar refractivity (Wildman–Crippen MR) is 107 cm³/mol. The van der Waals surface area contributed by atoms with Crippen LogP contribution in [0.4, 0.5) is 10.1 Å². The van der Waals surface area contributed by atoms with Gasteiger partial charge in [-0.2, -0.15) is 0 Å². The van der Waals surface area contributed by atoms with Crippen molar-refractivity contribution in [2.45, 2.75) is 33.2 Å². The lowest BCUT2D eigenvalue weighted by molar-refractivity contribution is 0.101. The van der Waals surface area contributed by atoms with E-state index in [4.69, 9.17) is 0 Å². The van der Waals surface area contributed by atoms with Gasteiger partial charge in [-0.05, 0) is 42.4 Å². The molecule has 6 nitrogen and oxygen atoms in total. The molecule has 2 aromatic carbocycles. The van der Waals surface area contributed by atoms with Crippen molar-refractivity contribution in [3.8, 4) is 5.69 Å². The van der Waals surface area contributed by atoms with E-state index < -0.39 is 5.91 Å². The zero-order chi connectivity index (χ0) is 20.1. The lowest BCUT2D eigenvalue weighted by Crippen LogP contribution is -2.15. The molecule has 0 atom stereocenters. The highest BCUT2D eigenvalue weighted by Crippen LogP contribution is 2.19. The highest BCUT2D eigenvalue weighted by atomic mass is 19.1. The van der Waals surface area contributed by atoms with Crippen molar-refractivity contribution in [1.82, 2.24) is 20.1 Å². The van der Waals surface area contributed by atoms with Crippen molar-refractivity contribution in [2.24, 2.45) is 0 Å². The molecule has 0 spiro atoms. The third kappa shape index (κ3) is 4.61. The minimum atomic E-state index is -0.405. The van der Waals surface area contributed by atoms with Crippen LogP contribution in [0.3, 0.4) is 0 Å². The zero-order valence-electron chi connectivity index (χ0n) is 16.2. The summed E-state index contributed by atoms with van der Waals surface area (Å²) in [5, 5.41) is 10.4. The van der Waals surface area contributed by atoms with Crippen molar-refractivity contribution < 1.29 is 9.18 Å². The van der Waals surface area contributed by atoms with E-state index in [0.29, 0.717) is 17.2 Å². The maximum Gasteiger partial charge on any atom is 0.295 e. The van der Waals surface area contributed by atoms with Gasteiger partial charge in [0.1, 0.15) is 11.6 Å². The molecule has 3 aromatic rings. The summed E-state index contributed by atoms with van der Waals surface area (Å²) in [6, 6.07) is 13.7. The van der Waals surface area contributed by atoms with E-state index in [0.717, 1.165) is 18.7 Å². The topological polar surface area (TPSA) is 71.8 Å². The first-order valence-corrected chi connectivity index (χ1v) is 9.32. The Kier molecular flexibility index (Phi) is 6.16. The van der Waals surface area contributed by atoms with Gasteiger partial charge in [0.25, 0.3) is 5.91 Å². The fraction of sp³-hybridized carbons (Fsp3) is 0.286. The van der Waals surface area contributed by atoms with E-state index in [1.165, 1.54) is 16.8 Å². The van der Waals surface area contributed by atoms with Gasteiger partial charge in [0.2, 0.25) is 5.82 Å². The van der Waals surface area contributed by atoms with Gasteiger partial charge in [0.05, 0.1) is 5.69 Å². The Morgan fingerprint density at radius 2 is 1.96 bits per heavy atom. The monoisotopic (exact) mass is 381 g/mol. The molecular formula is C21H24FN5O. The first-order chi connectivity index (χ1) is 13.5. The van der Waals surface area contributed by atoms with Gasteiger partial charge < -0.3 is 10.6 Å². The van der Waals surface area contributed by atoms with Crippen LogP contribution in [0.15, 0.2) is 48.5 Å². The van der Waals surface area contributed by atoms with Crippen LogP contribution in [-0.2, 0) is 6.54 Å². The summed E-state index contributed by atoms with van der Waals surface area (Å²) in [5.74, 6) is -0.119. The number of nitrogens with one attached hydrogen (secondary N) is 2. The molecule has 0 aliphatic carbocycles. The molecule has 0 aliphatic heterocycles. The quantitative estimate of drug-likeness (QED) is 0.651. The summed E-state index contributed by atoms with van der Waals surface area (Å²) in [7, 11) is 0. The van der Waals surface area contributed by atoms with Crippen molar-refractivity contribution >= 4 is 11.6 Å². The molecule has 2 N–H and O–H groups in total. The van der Waals surface area contributed by atoms with Gasteiger partial charge >= 0.3 is 0 Å². The van der Waals surface area contributed by atoms with E-state index in [2.05, 4.69) is 20.7 Å². The number of benzene rings is 2. The second kappa shape index (κ2) is 8.75. The lowest BCUT2D eigenvalue weighted by Gasteiger charge is -2.07. The number of rotatable bonds is 7. The number of halogens is 1. The molecule has 1 aromatic heterocycles. The van der Waals surface area contributed by atoms with Crippen LogP contribution < -0.4 is 10.6 Å². The molecule has 0 bridgehead atoms. The second-order valence-corrected chi connectivity index (χ2v) is 6.77. The van der Waals surface area contributed by atoms with Crippen molar-refractivity contribution in [2.75, 3.05) is 11.9 Å². The number of hydrogen-bond acceptors (Lipinski definition) is 4. The molecule has 0 saturated carbocycles. The summed E-state index contributed by atoms with van der Waals surface area (Å²) in [6.07, 6.45) is 0. The Labute approximate surface area is 163 Å². The second-order valence-electron chi connectivity index (χ2n) is 6.77. The molecule has 1 amide bonds. The molecule has 0 unspecified atom stereocenters. The van der Waals surface area contributed by atoms with Crippen molar-refractivity contribution in [3.05, 3.63) is 71.6 Å². The minimum Gasteiger partial charge on any atom is -0.319 e. The van der Waals surface area contributed by atoms with E-state index in [1.54, 1.807) is 12.1 Å². The van der Waals surface area contributed by atoms with Gasteiger partial charge in [-0.1, -0.05) is 39.0 Å². The van der Waals surface area contributed by atoms with Gasteiger partial charge in [-0.15, -0.1) is 5.10 Å². The number of anilines is 1. The summed E-state index contributed by atoms with van der Waals surface area (Å²) in [4.78, 5) is 17.1. The fourth-order valence-corrected chi connectivity index (χ4v) is 2.81. The van der Waals surface area contributed by atoms with Crippen LogP contribution in [0.2, 0.25) is 0 Å². The molecule has 0 aliphatic rings. The summed E-state index contributed by atoms with van der Waals surface area (Å²) in [5.41, 5.74) is 2.28. The van der Waals surface area contributed by atoms with Gasteiger partial charge in [0.15, 0.2) is 0 Å². The largest absolute Gasteiger partial charge is 0.319 e. The Balaban J connectivity index is 1.85. The number of nitrogens with zero attached hydrogens (tertiary/aromatic N) is 3. The summed E-state index contributed by atoms with van der Waals surface area (Å²) < 4.78 is 15.1. The molecule has 0 saturated heterocycles. The third-order valence-corrected chi connectivity index (χ3v) is 4.17. The maximum atomic E-state index is 13.6. The maximum absolute atomic E-state index is 13.6. The van der Waals surface area contributed by atoms with Crippen LogP contribution in [0, 0.1) is 5.82 Å². The highest BCUT2D eigenvalue weighted by molar-refractivity contribution is 6.01. The lowest BCUT2D eigenvalue weighted by atomic mass is 10.2. The SMILES string of the molecule is CCNCc1cccc(NC(=O)c2nc(C(C)C)n(-c3cccc(F)c3)n2)c1. The first kappa shape index (κ1) is 19.7. The van der Waals surface area contributed by atoms with Crippen LogP contribution in [0.25, 0.3) is 5.69 Å². The fourth-order valence-electron chi connectivity index (χ4n) is 2.81. The zero-order valence-corrected chi connectivity index (χ0v) is 16.2. The molecule has 0 fully saturated rings. The van der Waals surface area contributed by atoms with E-state index in [-0.39, 0.29) is 17.6 Å². The Hall–Kier alpha value is -3.06. The van der Waals surface area contributed by atoms with Crippen molar-refractivity contribution in [3.63, 3.8) is 0 Å². The smallest absolute Gasteiger partial charge is 0.295 e. The Morgan fingerprint density at radius 3 is 2.68 bits per heavy atom. The molecule has 3 rings (SSSR count). The number of aromatic nitrogens is 3. The third-order valence-electron chi connectivity index (χ3n) is 4.17. The normalized spacial score (nSPS) is 11.0. The summed E-state index contributed by atoms with van der Waals surface area (Å²) in [6.45, 7) is 7.54. The predicted octanol–water partition coefficient (Wildman–Crippen LogP) is 3.89. The van der Waals surface area contributed by atoms with Gasteiger partial charge in [-0.3, -0.25) is 4.79 Å². The van der Waals surface area contributed by atoms with Crippen LogP contribution in [0.1, 0.15) is 48.7 Å². The van der Waals surface area contributed by atoms with Crippen LogP contribution in [0.5, 0.6) is 0 Å². The number of hydrogen-bond donors (Lipinski definition) is 2. The van der Waals surface area contributed by atoms with E-state index in [9.17, 15) is 9.18 Å². The molecule has 146 valence electrons. The molecule has 1 heterocycles. The number of carbonyl (C=O) groups excluding carboxylic acids is 1. The van der Waals surface area contributed by atoms with E-state index >= 15 is 0 Å². The highest BCUT2D eigenvalue weighted by Gasteiger charge is 2.20. The average Bonchev–Trinajstić information content (AvgIpc) is 3.13. The Bertz CT molecular complexity index is 967. The summed E-state index contributed by atoms with van der Waals surface area (Å²) >= 11 is 0. The van der Waals surface area contributed by atoms with Gasteiger partial charge in [0, 0.05) is 18.2 Å².